The summed E-state index contributed by atoms with van der Waals surface area (Å²) in [5.74, 6) is -4.31. The molecule has 4 aromatic rings. The molecule has 4 aromatic carbocycles. The molecule has 0 aliphatic heterocycles. The summed E-state index contributed by atoms with van der Waals surface area (Å²) >= 11 is 1.79. The number of aliphatic hydroxyl groups is 2. The molecule has 0 heterocycles. The van der Waals surface area contributed by atoms with E-state index >= 15 is 0 Å². The van der Waals surface area contributed by atoms with Crippen molar-refractivity contribution >= 4 is 66.3 Å². The van der Waals surface area contributed by atoms with Crippen molar-refractivity contribution in [2.24, 2.45) is 0 Å². The van der Waals surface area contributed by atoms with Crippen LogP contribution in [-0.2, 0) is 50.9 Å². The Hall–Kier alpha value is -4.21. The van der Waals surface area contributed by atoms with Gasteiger partial charge in [-0.25, -0.2) is 17.2 Å². The Kier molecular flexibility index (Phi) is 19.8. The number of carbonyl (C=O) groups excluding carboxylic acids is 2. The molecule has 0 spiro atoms. The van der Waals surface area contributed by atoms with Gasteiger partial charge in [-0.3, -0.25) is 9.59 Å². The Bertz CT molecular complexity index is 2430. The van der Waals surface area contributed by atoms with E-state index < -0.39 is 95.6 Å². The largest absolute Gasteiger partial charge is 1.00 e. The second kappa shape index (κ2) is 22.1. The maximum absolute atomic E-state index is 13.0. The molecule has 0 saturated heterocycles. The average Bonchev–Trinajstić information content (AvgIpc) is 3.14. The molecule has 4 rings (SSSR count). The quantitative estimate of drug-likeness (QED) is 0.0471. The molecule has 0 aliphatic carbocycles. The molecule has 4 N–H and O–H groups in total. The minimum atomic E-state index is -4.86. The number of rotatable bonds is 9. The van der Waals surface area contributed by atoms with Gasteiger partial charge in [0.15, 0.2) is 15.4 Å². The minimum absolute atomic E-state index is 0. The van der Waals surface area contributed by atoms with Crippen molar-refractivity contribution in [1.82, 2.24) is 0 Å². The second-order valence-corrected chi connectivity index (χ2v) is 15.9. The van der Waals surface area contributed by atoms with E-state index in [0.29, 0.717) is 12.1 Å². The number of benzene rings is 4. The summed E-state index contributed by atoms with van der Waals surface area (Å²) in [6.07, 6.45) is -9.56. The first-order chi connectivity index (χ1) is 27.1. The van der Waals surface area contributed by atoms with Crippen LogP contribution in [0.25, 0.3) is 0 Å². The number of hydrogen-bond donors (Lipinski definition) is 4. The van der Waals surface area contributed by atoms with Gasteiger partial charge in [-0.15, -0.1) is 0 Å². The third kappa shape index (κ3) is 16.0. The van der Waals surface area contributed by atoms with E-state index in [1.165, 1.54) is 37.3 Å². The van der Waals surface area contributed by atoms with Crippen LogP contribution in [0.15, 0.2) is 94.7 Å². The van der Waals surface area contributed by atoms with Crippen molar-refractivity contribution in [3.05, 3.63) is 119 Å². The van der Waals surface area contributed by atoms with E-state index in [1.807, 2.05) is 5.32 Å². The van der Waals surface area contributed by atoms with Gasteiger partial charge in [0.05, 0.1) is 45.0 Å². The molecule has 24 heteroatoms. The number of sulfone groups is 1. The van der Waals surface area contributed by atoms with Crippen LogP contribution in [0.4, 0.5) is 46.5 Å². The second-order valence-electron chi connectivity index (χ2n) is 12.2. The topological polar surface area (TPSA) is 215 Å². The number of halogens is 9. The van der Waals surface area contributed by atoms with E-state index in [0.717, 1.165) is 61.5 Å². The number of nitrogens with zero attached hydrogens (tertiary/aromatic N) is 2. The molecule has 60 heavy (non-hydrogen) atoms. The fourth-order valence-corrected chi connectivity index (χ4v) is 6.50. The summed E-state index contributed by atoms with van der Waals surface area (Å²) in [7, 11) is -6.47. The zero-order valence-corrected chi connectivity index (χ0v) is 36.7. The first-order valence-electron chi connectivity index (χ1n) is 15.8. The molecule has 0 aromatic heterocycles. The summed E-state index contributed by atoms with van der Waals surface area (Å²) in [5.41, 5.74) is -8.35. The molecule has 316 valence electrons. The van der Waals surface area contributed by atoms with E-state index in [9.17, 15) is 71.8 Å². The summed E-state index contributed by atoms with van der Waals surface area (Å²) in [5, 5.41) is 41.6. The molecule has 2 amide bonds. The number of nitrogens with one attached hydrogen (secondary N) is 2. The molecular weight excluding hydrogens is 982 g/mol. The number of carbonyl (C=O) groups is 2. The van der Waals surface area contributed by atoms with Gasteiger partial charge >= 0.3 is 41.9 Å². The third-order valence-electron chi connectivity index (χ3n) is 7.30. The molecule has 0 bridgehead atoms. The van der Waals surface area contributed by atoms with Gasteiger partial charge < -0.3 is 29.3 Å². The van der Waals surface area contributed by atoms with Crippen molar-refractivity contribution in [3.8, 4) is 12.1 Å². The minimum Gasteiger partial charge on any atom is -0.420 e. The molecule has 2 unspecified atom stereocenters. The van der Waals surface area contributed by atoms with Gasteiger partial charge in [0.2, 0.25) is 0 Å². The monoisotopic (exact) mass is 1010 g/mol. The number of alkyl halides is 7. The Labute approximate surface area is 374 Å². The van der Waals surface area contributed by atoms with Crippen molar-refractivity contribution < 1.29 is 101 Å². The summed E-state index contributed by atoms with van der Waals surface area (Å²) in [6.45, 7) is 2.13. The van der Waals surface area contributed by atoms with E-state index in [-0.39, 0.29) is 55.2 Å². The molecule has 0 aliphatic rings. The van der Waals surface area contributed by atoms with Crippen LogP contribution >= 0.6 is 22.6 Å². The smallest absolute Gasteiger partial charge is 0.420 e. The Balaban J connectivity index is 0.000000500. The van der Waals surface area contributed by atoms with Crippen LogP contribution in [0.3, 0.4) is 0 Å². The number of nitriles is 2. The first kappa shape index (κ1) is 53.8. The van der Waals surface area contributed by atoms with E-state index in [1.54, 1.807) is 22.6 Å². The van der Waals surface area contributed by atoms with Crippen molar-refractivity contribution in [2.45, 2.75) is 47.2 Å². The standard InChI is InChI=1S/C18H14F4N2O4S.C12H10F3IN2O2.C6H4FO2S.Na/c1-17(26,10-29(27,28)14-6-3-12(19)4-7-14)16(25)24-13-5-2-11(9-23)15(8-13)18(20,21)22;1-11(20,6-16)10(19)18-8-3-2-7(5-17)9(4-8)12(13,14)15;7-5-1-3-6(4-2-5)10(8)9;/h2-8,26H,10H2,1H3,(H,24,25);2-4,20H,6H2,1H3,(H,18,19);1-4H;/q;;-1;+1. The van der Waals surface area contributed by atoms with Crippen LogP contribution in [0, 0.1) is 34.3 Å². The predicted molar refractivity (Wildman–Crippen MR) is 202 cm³/mol. The van der Waals surface area contributed by atoms with Gasteiger partial charge in [0, 0.05) is 15.8 Å². The predicted octanol–water partition coefficient (Wildman–Crippen LogP) is 4.08. The molecule has 0 saturated carbocycles. The molecule has 2 atom stereocenters. The van der Waals surface area contributed by atoms with Gasteiger partial charge in [0.25, 0.3) is 11.8 Å². The SMILES string of the molecule is CC(O)(CI)C(=O)Nc1ccc(C#N)c(C(F)(F)F)c1.CC(O)(CS(=O)(=O)c1ccc(F)cc1)C(=O)Nc1ccc(C#N)c(C(F)(F)F)c1.O=[S-](=O)c1ccc(F)cc1.[Na+]. The zero-order chi connectivity index (χ0) is 45.1. The zero-order valence-electron chi connectivity index (χ0n) is 31.0. The summed E-state index contributed by atoms with van der Waals surface area (Å²) < 4.78 is 147. The third-order valence-corrected chi connectivity index (χ3v) is 11.4. The van der Waals surface area contributed by atoms with Crippen LogP contribution in [0.5, 0.6) is 0 Å². The van der Waals surface area contributed by atoms with Gasteiger partial charge in [0.1, 0.15) is 17.2 Å². The Morgan fingerprint density at radius 3 is 1.40 bits per heavy atom. The van der Waals surface area contributed by atoms with Crippen LogP contribution in [0.1, 0.15) is 36.1 Å². The van der Waals surface area contributed by atoms with Crippen LogP contribution in [-0.4, -0.2) is 51.8 Å². The summed E-state index contributed by atoms with van der Waals surface area (Å²) in [4.78, 5) is 23.7. The van der Waals surface area contributed by atoms with Crippen LogP contribution < -0.4 is 40.2 Å². The number of anilines is 2. The van der Waals surface area contributed by atoms with Crippen molar-refractivity contribution in [1.29, 1.82) is 10.5 Å². The Morgan fingerprint density at radius 2 is 1.07 bits per heavy atom. The maximum atomic E-state index is 13.0. The van der Waals surface area contributed by atoms with Crippen molar-refractivity contribution in [2.75, 3.05) is 20.8 Å². The maximum Gasteiger partial charge on any atom is 1.00 e. The number of amides is 2. The van der Waals surface area contributed by atoms with Gasteiger partial charge in [-0.2, -0.15) is 36.9 Å². The summed E-state index contributed by atoms with van der Waals surface area (Å²) in [6, 6.07) is 16.3. The van der Waals surface area contributed by atoms with Gasteiger partial charge in [-0.05, 0) is 97.3 Å². The molecule has 0 radical (unpaired) electrons. The molecule has 0 fully saturated rings. The normalized spacial score (nSPS) is 13.2. The number of hydrogen-bond acceptors (Lipinski definition) is 11. The van der Waals surface area contributed by atoms with E-state index in [4.69, 9.17) is 10.5 Å². The van der Waals surface area contributed by atoms with Gasteiger partial charge in [-0.1, -0.05) is 39.6 Å². The fraction of sp³-hybridized carbons (Fsp3) is 0.222. The fourth-order valence-electron chi connectivity index (χ4n) is 4.21. The Morgan fingerprint density at radius 1 is 0.700 bits per heavy atom. The average molecular weight is 1010 g/mol. The van der Waals surface area contributed by atoms with E-state index in [2.05, 4.69) is 5.32 Å². The molecule has 12 nitrogen and oxygen atoms in total. The first-order valence-corrected chi connectivity index (χ1v) is 20.0. The molecular formula is C36H28F8IN4NaO8S2. The van der Waals surface area contributed by atoms with Crippen molar-refractivity contribution in [3.63, 3.8) is 0 Å². The van der Waals surface area contributed by atoms with Crippen LogP contribution in [0.2, 0.25) is 0 Å².